The van der Waals surface area contributed by atoms with E-state index in [1.54, 1.807) is 0 Å². The van der Waals surface area contributed by atoms with Crippen LogP contribution in [0.5, 0.6) is 0 Å². The van der Waals surface area contributed by atoms with E-state index in [2.05, 4.69) is 15.9 Å². The zero-order chi connectivity index (χ0) is 11.0. The summed E-state index contributed by atoms with van der Waals surface area (Å²) in [7, 11) is 0. The van der Waals surface area contributed by atoms with Crippen LogP contribution in [0, 0.1) is 5.82 Å². The maximum Gasteiger partial charge on any atom is 0.223 e. The first-order valence-corrected chi connectivity index (χ1v) is 5.65. The number of anilines is 1. The first-order valence-electron chi connectivity index (χ1n) is 4.85. The Morgan fingerprint density at radius 3 is 2.93 bits per heavy atom. The molecule has 1 aromatic carbocycles. The Balaban J connectivity index is 2.55. The topological polar surface area (TPSA) is 20.3 Å². The van der Waals surface area contributed by atoms with E-state index < -0.39 is 0 Å². The lowest BCUT2D eigenvalue weighted by Gasteiger charge is -2.29. The quantitative estimate of drug-likeness (QED) is 0.711. The maximum atomic E-state index is 13.7. The van der Waals surface area contributed by atoms with E-state index in [1.807, 2.05) is 6.07 Å². The fourth-order valence-electron chi connectivity index (χ4n) is 1.97. The van der Waals surface area contributed by atoms with Crippen molar-refractivity contribution < 1.29 is 9.18 Å². The largest absolute Gasteiger partial charge is 0.310 e. The van der Waals surface area contributed by atoms with Gasteiger partial charge in [-0.05, 0) is 30.5 Å². The third-order valence-electron chi connectivity index (χ3n) is 2.58. The average molecular weight is 272 g/mol. The van der Waals surface area contributed by atoms with Crippen LogP contribution >= 0.6 is 15.9 Å². The van der Waals surface area contributed by atoms with Crippen LogP contribution in [0.25, 0.3) is 0 Å². The van der Waals surface area contributed by atoms with Gasteiger partial charge in [0.05, 0.1) is 5.69 Å². The molecule has 4 heteroatoms. The van der Waals surface area contributed by atoms with Crippen molar-refractivity contribution in [2.24, 2.45) is 0 Å². The summed E-state index contributed by atoms with van der Waals surface area (Å²) in [6.07, 6.45) is 1.72. The van der Waals surface area contributed by atoms with Crippen LogP contribution in [-0.4, -0.2) is 12.5 Å². The second-order valence-corrected chi connectivity index (χ2v) is 4.59. The summed E-state index contributed by atoms with van der Waals surface area (Å²) in [4.78, 5) is 12.9. The Hall–Kier alpha value is -0.900. The number of aryl methyl sites for hydroxylation is 1. The SMILES string of the molecule is CC(=O)N1CCCc2cc(Br)cc(F)c21. The molecule has 0 unspecified atom stereocenters. The first kappa shape index (κ1) is 10.6. The molecule has 0 saturated heterocycles. The Morgan fingerprint density at radius 2 is 2.27 bits per heavy atom. The second kappa shape index (κ2) is 3.93. The van der Waals surface area contributed by atoms with Gasteiger partial charge in [-0.3, -0.25) is 4.79 Å². The number of fused-ring (bicyclic) bond motifs is 1. The summed E-state index contributed by atoms with van der Waals surface area (Å²) < 4.78 is 14.4. The number of rotatable bonds is 0. The number of benzene rings is 1. The molecule has 0 spiro atoms. The van der Waals surface area contributed by atoms with Crippen molar-refractivity contribution in [3.8, 4) is 0 Å². The zero-order valence-electron chi connectivity index (χ0n) is 8.39. The van der Waals surface area contributed by atoms with Crippen LogP contribution in [0.1, 0.15) is 18.9 Å². The van der Waals surface area contributed by atoms with E-state index in [1.165, 1.54) is 17.9 Å². The van der Waals surface area contributed by atoms with E-state index in [9.17, 15) is 9.18 Å². The van der Waals surface area contributed by atoms with Gasteiger partial charge in [0, 0.05) is 17.9 Å². The minimum absolute atomic E-state index is 0.0998. The smallest absolute Gasteiger partial charge is 0.223 e. The molecule has 15 heavy (non-hydrogen) atoms. The Kier molecular flexibility index (Phi) is 2.78. The van der Waals surface area contributed by atoms with Gasteiger partial charge in [0.1, 0.15) is 5.82 Å². The Labute approximate surface area is 96.2 Å². The molecule has 0 aliphatic carbocycles. The molecule has 0 N–H and O–H groups in total. The van der Waals surface area contributed by atoms with Gasteiger partial charge in [0.2, 0.25) is 5.91 Å². The minimum atomic E-state index is -0.325. The molecular weight excluding hydrogens is 261 g/mol. The van der Waals surface area contributed by atoms with Gasteiger partial charge in [0.15, 0.2) is 0 Å². The van der Waals surface area contributed by atoms with Crippen LogP contribution in [0.2, 0.25) is 0 Å². The maximum absolute atomic E-state index is 13.7. The molecule has 1 heterocycles. The molecule has 0 aromatic heterocycles. The molecule has 0 atom stereocenters. The molecule has 1 aromatic rings. The highest BCUT2D eigenvalue weighted by molar-refractivity contribution is 9.10. The van der Waals surface area contributed by atoms with Crippen molar-refractivity contribution in [2.75, 3.05) is 11.4 Å². The van der Waals surface area contributed by atoms with E-state index in [-0.39, 0.29) is 11.7 Å². The highest BCUT2D eigenvalue weighted by Gasteiger charge is 2.23. The van der Waals surface area contributed by atoms with Gasteiger partial charge < -0.3 is 4.90 Å². The highest BCUT2D eigenvalue weighted by Crippen LogP contribution is 2.32. The van der Waals surface area contributed by atoms with Gasteiger partial charge in [-0.25, -0.2) is 4.39 Å². The lowest BCUT2D eigenvalue weighted by atomic mass is 10.0. The van der Waals surface area contributed by atoms with Gasteiger partial charge in [-0.15, -0.1) is 0 Å². The van der Waals surface area contributed by atoms with Crippen molar-refractivity contribution in [3.63, 3.8) is 0 Å². The summed E-state index contributed by atoms with van der Waals surface area (Å²) in [5.41, 5.74) is 1.36. The Bertz CT molecular complexity index is 419. The molecule has 0 radical (unpaired) electrons. The highest BCUT2D eigenvalue weighted by atomic mass is 79.9. The van der Waals surface area contributed by atoms with E-state index in [4.69, 9.17) is 0 Å². The standard InChI is InChI=1S/C11H11BrFNO/c1-7(15)14-4-2-3-8-5-9(12)6-10(13)11(8)14/h5-6H,2-4H2,1H3. The van der Waals surface area contributed by atoms with Gasteiger partial charge in [0.25, 0.3) is 0 Å². The predicted octanol–water partition coefficient (Wildman–Crippen LogP) is 2.89. The number of nitrogens with zero attached hydrogens (tertiary/aromatic N) is 1. The fraction of sp³-hybridized carbons (Fsp3) is 0.364. The molecule has 0 saturated carbocycles. The van der Waals surface area contributed by atoms with E-state index in [0.29, 0.717) is 12.2 Å². The van der Waals surface area contributed by atoms with Gasteiger partial charge in [-0.2, -0.15) is 0 Å². The molecule has 80 valence electrons. The van der Waals surface area contributed by atoms with Crippen molar-refractivity contribution in [3.05, 3.63) is 28.0 Å². The summed E-state index contributed by atoms with van der Waals surface area (Å²) in [5.74, 6) is -0.425. The third kappa shape index (κ3) is 1.91. The summed E-state index contributed by atoms with van der Waals surface area (Å²) in [6, 6.07) is 3.29. The number of carbonyl (C=O) groups is 1. The number of halogens is 2. The molecule has 1 aliphatic rings. The molecule has 1 aliphatic heterocycles. The molecule has 0 bridgehead atoms. The number of hydrogen-bond acceptors (Lipinski definition) is 1. The van der Waals surface area contributed by atoms with Crippen LogP contribution in [0.3, 0.4) is 0 Å². The third-order valence-corrected chi connectivity index (χ3v) is 3.04. The zero-order valence-corrected chi connectivity index (χ0v) is 9.97. The molecular formula is C11H11BrFNO. The van der Waals surface area contributed by atoms with Crippen LogP contribution < -0.4 is 4.90 Å². The lowest BCUT2D eigenvalue weighted by molar-refractivity contribution is -0.116. The molecule has 1 amide bonds. The van der Waals surface area contributed by atoms with Crippen LogP contribution in [0.4, 0.5) is 10.1 Å². The average Bonchev–Trinajstić information content (AvgIpc) is 2.16. The number of hydrogen-bond donors (Lipinski definition) is 0. The number of carbonyl (C=O) groups excluding carboxylic acids is 1. The molecule has 2 rings (SSSR count). The van der Waals surface area contributed by atoms with Gasteiger partial charge in [-0.1, -0.05) is 15.9 Å². The summed E-state index contributed by atoms with van der Waals surface area (Å²) in [5, 5.41) is 0. The van der Waals surface area contributed by atoms with Gasteiger partial charge >= 0.3 is 0 Å². The van der Waals surface area contributed by atoms with Crippen molar-refractivity contribution in [1.82, 2.24) is 0 Å². The predicted molar refractivity (Wildman–Crippen MR) is 60.4 cm³/mol. The van der Waals surface area contributed by atoms with E-state index >= 15 is 0 Å². The van der Waals surface area contributed by atoms with Crippen molar-refractivity contribution in [1.29, 1.82) is 0 Å². The van der Waals surface area contributed by atoms with Crippen molar-refractivity contribution >= 4 is 27.5 Å². The monoisotopic (exact) mass is 271 g/mol. The number of amides is 1. The minimum Gasteiger partial charge on any atom is -0.310 e. The first-order chi connectivity index (χ1) is 7.09. The van der Waals surface area contributed by atoms with E-state index in [0.717, 1.165) is 22.9 Å². The van der Waals surface area contributed by atoms with Crippen LogP contribution in [0.15, 0.2) is 16.6 Å². The Morgan fingerprint density at radius 1 is 1.53 bits per heavy atom. The second-order valence-electron chi connectivity index (χ2n) is 3.67. The summed E-state index contributed by atoms with van der Waals surface area (Å²) >= 11 is 3.25. The lowest BCUT2D eigenvalue weighted by Crippen LogP contribution is -2.34. The molecule has 2 nitrogen and oxygen atoms in total. The normalized spacial score (nSPS) is 15.0. The summed E-state index contributed by atoms with van der Waals surface area (Å²) in [6.45, 7) is 2.08. The van der Waals surface area contributed by atoms with Crippen molar-refractivity contribution in [2.45, 2.75) is 19.8 Å². The van der Waals surface area contributed by atoms with Crippen LogP contribution in [-0.2, 0) is 11.2 Å². The fourth-order valence-corrected chi connectivity index (χ4v) is 2.44. The molecule has 0 fully saturated rings.